The van der Waals surface area contributed by atoms with Crippen molar-refractivity contribution in [2.75, 3.05) is 32.7 Å². The van der Waals surface area contributed by atoms with Gasteiger partial charge in [0.05, 0.1) is 0 Å². The molecule has 0 heterocycles. The minimum Gasteiger partial charge on any atom is -0.315 e. The van der Waals surface area contributed by atoms with Crippen LogP contribution in [0.25, 0.3) is 0 Å². The number of rotatable bonds is 17. The van der Waals surface area contributed by atoms with Gasteiger partial charge in [-0.05, 0) is 32.5 Å². The molecule has 0 bridgehead atoms. The van der Waals surface area contributed by atoms with Gasteiger partial charge in [0.1, 0.15) is 0 Å². The third-order valence-electron chi connectivity index (χ3n) is 4.30. The fraction of sp³-hybridized carbons (Fsp3) is 1.00. The first kappa shape index (κ1) is 20.9. The van der Waals surface area contributed by atoms with Gasteiger partial charge in [-0.3, -0.25) is 0 Å². The number of likely N-dealkylation sites (N-methyl/N-ethyl adjacent to an activating group) is 1. The zero-order valence-electron chi connectivity index (χ0n) is 15.3. The van der Waals surface area contributed by atoms with Crippen LogP contribution in [0.2, 0.25) is 0 Å². The first-order chi connectivity index (χ1) is 10.3. The Kier molecular flexibility index (Phi) is 17.9. The molecule has 0 unspecified atom stereocenters. The molecule has 0 saturated heterocycles. The van der Waals surface area contributed by atoms with Crippen LogP contribution < -0.4 is 5.32 Å². The Balaban J connectivity index is 3.08. The maximum Gasteiger partial charge on any atom is 0.0107 e. The molecule has 0 rings (SSSR count). The molecule has 0 saturated carbocycles. The fourth-order valence-corrected chi connectivity index (χ4v) is 2.84. The Morgan fingerprint density at radius 3 is 1.67 bits per heavy atom. The highest BCUT2D eigenvalue weighted by Gasteiger charge is 1.99. The van der Waals surface area contributed by atoms with E-state index in [1.807, 2.05) is 0 Å². The lowest BCUT2D eigenvalue weighted by molar-refractivity contribution is 0.287. The van der Waals surface area contributed by atoms with Gasteiger partial charge in [-0.1, -0.05) is 78.6 Å². The van der Waals surface area contributed by atoms with Crippen molar-refractivity contribution in [2.45, 2.75) is 91.4 Å². The molecule has 0 aliphatic heterocycles. The number of nitrogens with zero attached hydrogens (tertiary/aromatic N) is 1. The maximum absolute atomic E-state index is 3.59. The largest absolute Gasteiger partial charge is 0.315 e. The van der Waals surface area contributed by atoms with Gasteiger partial charge in [-0.15, -0.1) is 0 Å². The minimum absolute atomic E-state index is 1.16. The van der Waals surface area contributed by atoms with Crippen molar-refractivity contribution in [3.8, 4) is 0 Å². The van der Waals surface area contributed by atoms with Crippen molar-refractivity contribution in [3.05, 3.63) is 0 Å². The average Bonchev–Trinajstić information content (AvgIpc) is 2.50. The average molecular weight is 299 g/mol. The van der Waals surface area contributed by atoms with Crippen molar-refractivity contribution in [1.29, 1.82) is 0 Å². The molecule has 0 fully saturated rings. The van der Waals surface area contributed by atoms with Crippen LogP contribution in [0.4, 0.5) is 0 Å². The van der Waals surface area contributed by atoms with Crippen LogP contribution in [0, 0.1) is 0 Å². The van der Waals surface area contributed by atoms with Gasteiger partial charge >= 0.3 is 0 Å². The summed E-state index contributed by atoms with van der Waals surface area (Å²) < 4.78 is 0. The summed E-state index contributed by atoms with van der Waals surface area (Å²) in [6.07, 6.45) is 15.5. The van der Waals surface area contributed by atoms with Gasteiger partial charge in [0.15, 0.2) is 0 Å². The number of hydrogen-bond donors (Lipinski definition) is 1. The Labute approximate surface area is 135 Å². The predicted octanol–water partition coefficient (Wildman–Crippen LogP) is 5.23. The van der Waals surface area contributed by atoms with Crippen molar-refractivity contribution in [1.82, 2.24) is 10.2 Å². The van der Waals surface area contributed by atoms with Gasteiger partial charge in [0.2, 0.25) is 0 Å². The van der Waals surface area contributed by atoms with Gasteiger partial charge < -0.3 is 10.2 Å². The van der Waals surface area contributed by atoms with Gasteiger partial charge in [0, 0.05) is 13.1 Å². The van der Waals surface area contributed by atoms with Crippen molar-refractivity contribution < 1.29 is 0 Å². The van der Waals surface area contributed by atoms with Crippen LogP contribution in [0.15, 0.2) is 0 Å². The summed E-state index contributed by atoms with van der Waals surface area (Å²) in [5.74, 6) is 0. The van der Waals surface area contributed by atoms with E-state index in [9.17, 15) is 0 Å². The first-order valence-corrected chi connectivity index (χ1v) is 9.78. The molecule has 128 valence electrons. The van der Waals surface area contributed by atoms with Crippen LogP contribution in [0.3, 0.4) is 0 Å². The van der Waals surface area contributed by atoms with Crippen LogP contribution >= 0.6 is 0 Å². The summed E-state index contributed by atoms with van der Waals surface area (Å²) in [7, 11) is 0. The second kappa shape index (κ2) is 18.0. The van der Waals surface area contributed by atoms with E-state index in [1.54, 1.807) is 0 Å². The van der Waals surface area contributed by atoms with E-state index < -0.39 is 0 Å². The quantitative estimate of drug-likeness (QED) is 0.370. The summed E-state index contributed by atoms with van der Waals surface area (Å²) >= 11 is 0. The number of nitrogens with one attached hydrogen (secondary N) is 1. The van der Waals surface area contributed by atoms with E-state index in [4.69, 9.17) is 0 Å². The van der Waals surface area contributed by atoms with Crippen LogP contribution in [-0.4, -0.2) is 37.6 Å². The normalized spacial score (nSPS) is 11.4. The van der Waals surface area contributed by atoms with E-state index in [2.05, 4.69) is 31.0 Å². The molecule has 0 atom stereocenters. The fourth-order valence-electron chi connectivity index (χ4n) is 2.84. The van der Waals surface area contributed by atoms with Crippen molar-refractivity contribution in [3.63, 3.8) is 0 Å². The zero-order chi connectivity index (χ0) is 15.6. The predicted molar refractivity (Wildman–Crippen MR) is 97.1 cm³/mol. The summed E-state index contributed by atoms with van der Waals surface area (Å²) in [4.78, 5) is 2.53. The zero-order valence-corrected chi connectivity index (χ0v) is 15.3. The lowest BCUT2D eigenvalue weighted by Gasteiger charge is -2.19. The monoisotopic (exact) mass is 298 g/mol. The molecule has 0 aliphatic carbocycles. The lowest BCUT2D eigenvalue weighted by atomic mass is 10.1. The molecule has 0 radical (unpaired) electrons. The standard InChI is InChI=1S/C19H42N2/c1-4-7-8-9-10-11-12-13-14-15-16-20-17-19-21(6-3)18-5-2/h20H,4-19H2,1-3H3. The topological polar surface area (TPSA) is 15.3 Å². The molecule has 2 heteroatoms. The van der Waals surface area contributed by atoms with E-state index in [1.165, 1.54) is 96.8 Å². The highest BCUT2D eigenvalue weighted by atomic mass is 15.1. The Hall–Kier alpha value is -0.0800. The molecular formula is C19H42N2. The van der Waals surface area contributed by atoms with Gasteiger partial charge in [-0.2, -0.15) is 0 Å². The minimum atomic E-state index is 1.16. The maximum atomic E-state index is 3.59. The first-order valence-electron chi connectivity index (χ1n) is 9.78. The second-order valence-corrected chi connectivity index (χ2v) is 6.37. The SMILES string of the molecule is CCCCCCCCCCCCNCCN(CC)CCC. The second-order valence-electron chi connectivity index (χ2n) is 6.37. The number of hydrogen-bond acceptors (Lipinski definition) is 2. The molecule has 0 amide bonds. The Bertz CT molecular complexity index is 182. The molecule has 1 N–H and O–H groups in total. The molecule has 21 heavy (non-hydrogen) atoms. The Morgan fingerprint density at radius 1 is 0.571 bits per heavy atom. The molecule has 0 aromatic heterocycles. The van der Waals surface area contributed by atoms with Crippen molar-refractivity contribution in [2.24, 2.45) is 0 Å². The van der Waals surface area contributed by atoms with Gasteiger partial charge in [-0.25, -0.2) is 0 Å². The smallest absolute Gasteiger partial charge is 0.0107 e. The number of unbranched alkanes of at least 4 members (excludes halogenated alkanes) is 9. The summed E-state index contributed by atoms with van der Waals surface area (Å²) in [6.45, 7) is 12.8. The molecule has 2 nitrogen and oxygen atoms in total. The third-order valence-corrected chi connectivity index (χ3v) is 4.30. The molecular weight excluding hydrogens is 256 g/mol. The van der Waals surface area contributed by atoms with E-state index in [-0.39, 0.29) is 0 Å². The third kappa shape index (κ3) is 16.1. The molecule has 0 aromatic rings. The van der Waals surface area contributed by atoms with E-state index in [0.717, 1.165) is 6.54 Å². The van der Waals surface area contributed by atoms with Crippen LogP contribution in [0.1, 0.15) is 91.4 Å². The summed E-state index contributed by atoms with van der Waals surface area (Å²) in [6, 6.07) is 0. The van der Waals surface area contributed by atoms with Crippen molar-refractivity contribution >= 4 is 0 Å². The van der Waals surface area contributed by atoms with Crippen LogP contribution in [0.5, 0.6) is 0 Å². The molecule has 0 spiro atoms. The molecule has 0 aliphatic rings. The van der Waals surface area contributed by atoms with E-state index in [0.29, 0.717) is 0 Å². The van der Waals surface area contributed by atoms with Crippen LogP contribution in [-0.2, 0) is 0 Å². The van der Waals surface area contributed by atoms with E-state index >= 15 is 0 Å². The summed E-state index contributed by atoms with van der Waals surface area (Å²) in [5.41, 5.74) is 0. The molecule has 0 aromatic carbocycles. The Morgan fingerprint density at radius 2 is 1.14 bits per heavy atom. The highest BCUT2D eigenvalue weighted by molar-refractivity contribution is 4.57. The van der Waals surface area contributed by atoms with Gasteiger partial charge in [0.25, 0.3) is 0 Å². The highest BCUT2D eigenvalue weighted by Crippen LogP contribution is 2.10. The lowest BCUT2D eigenvalue weighted by Crippen LogP contribution is -2.32. The summed E-state index contributed by atoms with van der Waals surface area (Å²) in [5, 5.41) is 3.59.